The first kappa shape index (κ1) is 63.4. The number of aliphatic hydroxyl groups is 1. The average molecular weight is 1230 g/mol. The molecule has 24 heteroatoms. The first-order valence-electron chi connectivity index (χ1n) is 29.2. The van der Waals surface area contributed by atoms with E-state index in [2.05, 4.69) is 31.2 Å². The molecule has 0 saturated carbocycles. The molecular weight excluding hydrogens is 1150 g/mol. The second kappa shape index (κ2) is 26.9. The number of carbonyl (C=O) groups excluding carboxylic acids is 8. The van der Waals surface area contributed by atoms with Crippen molar-refractivity contribution in [2.75, 3.05) is 18.1 Å². The van der Waals surface area contributed by atoms with Gasteiger partial charge in [-0.1, -0.05) is 81.8 Å². The van der Waals surface area contributed by atoms with Gasteiger partial charge in [0.2, 0.25) is 35.4 Å². The highest BCUT2D eigenvalue weighted by Crippen LogP contribution is 2.41. The molecule has 10 N–H and O–H groups in total. The Kier molecular flexibility index (Phi) is 19.6. The third kappa shape index (κ3) is 15.2. The first-order valence-corrected chi connectivity index (χ1v) is 31.7. The van der Waals surface area contributed by atoms with E-state index in [1.165, 1.54) is 34.1 Å². The number of thiazole rings is 1. The average Bonchev–Trinajstić information content (AvgIpc) is 1.72. The Morgan fingerprint density at radius 2 is 1.62 bits per heavy atom. The molecule has 0 unspecified atom stereocenters. The molecule has 7 amide bonds. The monoisotopic (exact) mass is 1230 g/mol. The fraction of sp³-hybridized carbons (Fsp3) is 0.413. The minimum Gasteiger partial charge on any atom is -0.491 e. The van der Waals surface area contributed by atoms with Crippen LogP contribution in [0.15, 0.2) is 96.5 Å². The van der Waals surface area contributed by atoms with Gasteiger partial charge in [0.15, 0.2) is 0 Å². The minimum atomic E-state index is -5.06. The number of nitrogens with two attached hydrogens (primary N) is 1. The van der Waals surface area contributed by atoms with Crippen LogP contribution in [-0.2, 0) is 52.6 Å². The lowest BCUT2D eigenvalue weighted by Gasteiger charge is -2.35. The van der Waals surface area contributed by atoms with Crippen LogP contribution in [0.25, 0.3) is 21.3 Å². The maximum absolute atomic E-state index is 14.6. The number of rotatable bonds is 24. The van der Waals surface area contributed by atoms with Gasteiger partial charge in [0.05, 0.1) is 40.0 Å². The predicted molar refractivity (Wildman–Crippen MR) is 326 cm³/mol. The van der Waals surface area contributed by atoms with Crippen LogP contribution in [0, 0.1) is 12.3 Å². The number of β-amino-alcohol motifs (C(OH)–C–C–N with tert-alkyl or cyclic N) is 1. The van der Waals surface area contributed by atoms with E-state index in [1.54, 1.807) is 22.9 Å². The molecule has 0 aliphatic carbocycles. The van der Waals surface area contributed by atoms with Gasteiger partial charge < -0.3 is 56.5 Å². The molecular formula is C63H74N9O13PS. The molecule has 87 heavy (non-hydrogen) atoms. The Bertz CT molecular complexity index is 3650. The summed E-state index contributed by atoms with van der Waals surface area (Å²) in [5, 5.41) is 22.9. The molecule has 3 aliphatic rings. The molecule has 9 rings (SSSR count). The van der Waals surface area contributed by atoms with Crippen molar-refractivity contribution in [3.05, 3.63) is 136 Å². The molecule has 0 bridgehead atoms. The predicted octanol–water partition coefficient (Wildman–Crippen LogP) is 6.22. The SMILES string of the molecule is Cc1ncsc1-c1ccc([C@H](C)NC(=O)[C@@H]2C[C@@H](O)CN2C(=O)[C@@H](NC(=O)CCCCCc2cccc(OC[C@H](CCC(N)=O)NC(=O)[C@@H]3Cc4cccc5c4N3C(=O)[C@@H](NC(=O)c3cc4cc(C(=O)P(=O)(O)O)ccc4[nH]3)CC5)c2)C(C)(C)C)cc1. The Morgan fingerprint density at radius 3 is 2.33 bits per heavy atom. The van der Waals surface area contributed by atoms with Crippen molar-refractivity contribution in [3.63, 3.8) is 0 Å². The largest absolute Gasteiger partial charge is 0.491 e. The van der Waals surface area contributed by atoms with Crippen LogP contribution in [0.5, 0.6) is 5.75 Å². The molecule has 0 spiro atoms. The Balaban J connectivity index is 0.758. The summed E-state index contributed by atoms with van der Waals surface area (Å²) >= 11 is 1.56. The summed E-state index contributed by atoms with van der Waals surface area (Å²) in [7, 11) is -5.06. The Morgan fingerprint density at radius 1 is 0.885 bits per heavy atom. The van der Waals surface area contributed by atoms with Crippen molar-refractivity contribution >= 4 is 82.4 Å². The number of hydrogen-bond acceptors (Lipinski definition) is 13. The normalized spacial score (nSPS) is 18.5. The van der Waals surface area contributed by atoms with E-state index in [9.17, 15) is 57.8 Å². The van der Waals surface area contributed by atoms with Crippen molar-refractivity contribution in [1.29, 1.82) is 0 Å². The Hall–Kier alpha value is -8.08. The molecule has 22 nitrogen and oxygen atoms in total. The number of likely N-dealkylation sites (tertiary alicyclic amines) is 1. The summed E-state index contributed by atoms with van der Waals surface area (Å²) in [5.74, 6) is -2.85. The highest BCUT2D eigenvalue weighted by atomic mass is 32.1. The van der Waals surface area contributed by atoms with Gasteiger partial charge in [-0.2, -0.15) is 0 Å². The molecule has 3 aliphatic heterocycles. The maximum Gasteiger partial charge on any atom is 0.396 e. The van der Waals surface area contributed by atoms with Gasteiger partial charge in [0, 0.05) is 48.7 Å². The van der Waals surface area contributed by atoms with Crippen molar-refractivity contribution in [2.24, 2.45) is 11.1 Å². The maximum atomic E-state index is 14.6. The van der Waals surface area contributed by atoms with Crippen LogP contribution in [0.2, 0.25) is 0 Å². The number of nitrogens with zero attached hydrogens (tertiary/aromatic N) is 3. The van der Waals surface area contributed by atoms with Crippen LogP contribution >= 0.6 is 18.9 Å². The van der Waals surface area contributed by atoms with Crippen molar-refractivity contribution in [3.8, 4) is 16.2 Å². The van der Waals surface area contributed by atoms with Crippen LogP contribution in [-0.4, -0.2) is 126 Å². The number of carbonyl (C=O) groups is 8. The zero-order valence-corrected chi connectivity index (χ0v) is 50.9. The molecule has 1 saturated heterocycles. The molecule has 7 atom stereocenters. The minimum absolute atomic E-state index is 0.0342. The highest BCUT2D eigenvalue weighted by molar-refractivity contribution is 7.70. The number of nitrogens with one attached hydrogen (secondary N) is 5. The van der Waals surface area contributed by atoms with Crippen LogP contribution in [0.3, 0.4) is 0 Å². The van der Waals surface area contributed by atoms with E-state index < -0.39 is 84.4 Å². The second-order valence-electron chi connectivity index (χ2n) is 23.9. The number of aromatic nitrogens is 2. The lowest BCUT2D eigenvalue weighted by atomic mass is 9.85. The second-order valence-corrected chi connectivity index (χ2v) is 26.2. The number of benzene rings is 4. The van der Waals surface area contributed by atoms with Gasteiger partial charge in [0.1, 0.15) is 42.2 Å². The number of H-pyrrole nitrogens is 1. The van der Waals surface area contributed by atoms with E-state index in [0.29, 0.717) is 48.0 Å². The number of fused-ring (bicyclic) bond motifs is 1. The van der Waals surface area contributed by atoms with Gasteiger partial charge in [-0.25, -0.2) is 4.98 Å². The molecule has 0 radical (unpaired) electrons. The van der Waals surface area contributed by atoms with Crippen molar-refractivity contribution in [1.82, 2.24) is 36.1 Å². The summed E-state index contributed by atoms with van der Waals surface area (Å²) in [6.45, 7) is 9.29. The molecule has 1 fully saturated rings. The standard InChI is InChI=1S/C63H74N9O13PS/c1-35(38-17-19-40(20-18-38)55-36(2)65-34-87-55)66-58(77)50-31-45(73)32-71(50)61(80)56(63(3,4)5)70-53(75)16-8-6-7-11-37-12-9-15-46(27-37)85-33-44(23-26-52(64)74)67-59(78)51-30-41-14-10-13-39-21-25-48(60(79)72(51)54(39)41)69-57(76)49-29-43-28-42(22-24-47(43)68-49)62(81)86(82,83)84/h9-10,12-15,17-20,22,24,27-29,34-35,44-45,48,50-51,56,68,73H,6-8,11,16,21,23,25-26,30-33H2,1-5H3,(H2,64,74)(H,66,77)(H,67,78)(H,69,76)(H,70,75)(H2,82,83,84)/t35-,44-,45+,48-,50-,51-,56+/m0/s1. The summed E-state index contributed by atoms with van der Waals surface area (Å²) in [6, 6.07) is 21.2. The number of aromatic amines is 1. The van der Waals surface area contributed by atoms with E-state index in [1.807, 2.05) is 95.3 Å². The Labute approximate surface area is 507 Å². The zero-order chi connectivity index (χ0) is 62.5. The lowest BCUT2D eigenvalue weighted by molar-refractivity contribution is -0.144. The molecule has 460 valence electrons. The topological polar surface area (TPSA) is 333 Å². The smallest absolute Gasteiger partial charge is 0.396 e. The van der Waals surface area contributed by atoms with Crippen molar-refractivity contribution in [2.45, 2.75) is 148 Å². The summed E-state index contributed by atoms with van der Waals surface area (Å²) < 4.78 is 17.8. The number of anilines is 1. The van der Waals surface area contributed by atoms with Gasteiger partial charge in [0.25, 0.3) is 11.4 Å². The fourth-order valence-electron chi connectivity index (χ4n) is 11.6. The number of para-hydroxylation sites is 1. The molecule has 2 aromatic heterocycles. The number of ether oxygens (including phenoxy) is 1. The van der Waals surface area contributed by atoms with Gasteiger partial charge in [-0.3, -0.25) is 47.8 Å². The third-order valence-electron chi connectivity index (χ3n) is 16.3. The van der Waals surface area contributed by atoms with E-state index >= 15 is 0 Å². The number of unbranched alkanes of at least 4 members (excludes halogenated alkanes) is 2. The van der Waals surface area contributed by atoms with Crippen LogP contribution < -0.4 is 36.6 Å². The summed E-state index contributed by atoms with van der Waals surface area (Å²) in [4.78, 5) is 139. The summed E-state index contributed by atoms with van der Waals surface area (Å²) in [6.07, 6.45) is 2.83. The van der Waals surface area contributed by atoms with Crippen LogP contribution in [0.1, 0.15) is 134 Å². The van der Waals surface area contributed by atoms with E-state index in [-0.39, 0.29) is 80.8 Å². The zero-order valence-electron chi connectivity index (χ0n) is 49.2. The number of amides is 7. The molecule has 5 heterocycles. The number of hydrogen-bond donors (Lipinski definition) is 9. The number of primary amides is 1. The third-order valence-corrected chi connectivity index (χ3v) is 18.0. The number of aryl methyl sites for hydroxylation is 3. The first-order chi connectivity index (χ1) is 41.3. The number of aliphatic hydroxyl groups excluding tert-OH is 1. The van der Waals surface area contributed by atoms with Crippen LogP contribution in [0.4, 0.5) is 5.69 Å². The van der Waals surface area contributed by atoms with Gasteiger partial charge in [-0.05, 0) is 122 Å². The quantitative estimate of drug-likeness (QED) is 0.0240. The molecule has 4 aromatic carbocycles. The fourth-order valence-corrected chi connectivity index (χ4v) is 12.9. The van der Waals surface area contributed by atoms with E-state index in [0.717, 1.165) is 44.8 Å². The summed E-state index contributed by atoms with van der Waals surface area (Å²) in [5.41, 5.74) is 11.5. The van der Waals surface area contributed by atoms with E-state index in [4.69, 9.17) is 10.5 Å². The lowest BCUT2D eigenvalue weighted by Crippen LogP contribution is -2.57. The van der Waals surface area contributed by atoms with Gasteiger partial charge >= 0.3 is 7.60 Å². The van der Waals surface area contributed by atoms with Crippen molar-refractivity contribution < 1.29 is 62.6 Å². The molecule has 6 aromatic rings. The van der Waals surface area contributed by atoms with Gasteiger partial charge in [-0.15, -0.1) is 11.3 Å². The highest BCUT2D eigenvalue weighted by Gasteiger charge is 2.46.